The van der Waals surface area contributed by atoms with Crippen molar-refractivity contribution in [2.75, 3.05) is 20.3 Å². The largest absolute Gasteiger partial charge is 0.510 e. The molecule has 2 aliphatic rings. The minimum absolute atomic E-state index is 0.523. The Kier molecular flexibility index (Phi) is 11.7. The van der Waals surface area contributed by atoms with Crippen LogP contribution in [0.4, 0.5) is 14.0 Å². The Balaban J connectivity index is 2.01. The molecule has 0 amide bonds. The van der Waals surface area contributed by atoms with Crippen molar-refractivity contribution in [1.29, 1.82) is 0 Å². The van der Waals surface area contributed by atoms with E-state index >= 15 is 4.39 Å². The number of aromatic amines is 1. The molecule has 1 aliphatic carbocycles. The smallest absolute Gasteiger partial charge is 0.448 e. The number of aliphatic hydroxyl groups is 1. The van der Waals surface area contributed by atoms with E-state index in [9.17, 15) is 33.6 Å². The van der Waals surface area contributed by atoms with Crippen LogP contribution in [0.5, 0.6) is 0 Å². The molecule has 4 N–H and O–H groups in total. The molecule has 0 radical (unpaired) electrons. The summed E-state index contributed by atoms with van der Waals surface area (Å²) in [6, 6.07) is -0.410. The maximum atomic E-state index is 15.1. The molecule has 19 nitrogen and oxygen atoms in total. The third kappa shape index (κ3) is 7.69. The normalized spacial score (nSPS) is 27.3. The summed E-state index contributed by atoms with van der Waals surface area (Å²) in [4.78, 5) is 63.1. The molecule has 0 spiro atoms. The van der Waals surface area contributed by atoms with Crippen molar-refractivity contribution in [3.05, 3.63) is 33.1 Å². The number of aromatic nitrogens is 2. The molecule has 21 heteroatoms. The Morgan fingerprint density at radius 3 is 2.04 bits per heavy atom. The number of H-pyrrole nitrogens is 1. The Morgan fingerprint density at radius 1 is 1.06 bits per heavy atom. The van der Waals surface area contributed by atoms with E-state index in [1.165, 1.54) is 27.7 Å². The second-order valence-corrected chi connectivity index (χ2v) is 13.3. The number of nitrogens with one attached hydrogen (secondary N) is 1. The van der Waals surface area contributed by atoms with Gasteiger partial charge in [-0.3, -0.25) is 23.7 Å². The number of phosphoric acid groups is 1. The number of nitrogens with zero attached hydrogens (tertiary/aromatic N) is 1. The van der Waals surface area contributed by atoms with E-state index < -0.39 is 111 Å². The number of esters is 1. The van der Waals surface area contributed by atoms with E-state index in [2.05, 4.69) is 0 Å². The lowest BCUT2D eigenvalue weighted by Gasteiger charge is -2.35. The van der Waals surface area contributed by atoms with Gasteiger partial charge in [-0.15, -0.1) is 0 Å². The molecular weight excluding hydrogens is 660 g/mol. The number of hydrogen-bond acceptors (Lipinski definition) is 17. The molecule has 1 aliphatic heterocycles. The molecule has 2 heterocycles. The Hall–Kier alpha value is -3.39. The number of carbonyl (C=O) groups excluding carboxylic acids is 3. The van der Waals surface area contributed by atoms with Crippen LogP contribution in [-0.4, -0.2) is 94.4 Å². The van der Waals surface area contributed by atoms with Gasteiger partial charge in [0.05, 0.1) is 12.2 Å². The van der Waals surface area contributed by atoms with Crippen molar-refractivity contribution in [2.45, 2.75) is 95.9 Å². The third-order valence-electron chi connectivity index (χ3n) is 7.12. The number of fused-ring (bicyclic) bond motifs is 1. The highest BCUT2D eigenvalue weighted by atomic mass is 31.2. The molecule has 1 aromatic rings. The van der Waals surface area contributed by atoms with Crippen LogP contribution in [0.25, 0.3) is 0 Å². The van der Waals surface area contributed by atoms with E-state index in [0.717, 1.165) is 19.2 Å². The van der Waals surface area contributed by atoms with Crippen LogP contribution in [0.3, 0.4) is 0 Å². The van der Waals surface area contributed by atoms with Gasteiger partial charge in [0.2, 0.25) is 19.2 Å². The molecule has 1 saturated carbocycles. The average molecular weight is 700 g/mol. The van der Waals surface area contributed by atoms with E-state index in [1.54, 1.807) is 13.8 Å². The molecule has 3 rings (SSSR count). The maximum Gasteiger partial charge on any atom is 0.510 e. The second-order valence-electron chi connectivity index (χ2n) is 11.6. The molecule has 1 aromatic heterocycles. The van der Waals surface area contributed by atoms with Crippen molar-refractivity contribution in [1.82, 2.24) is 9.55 Å². The SMILES string of the molecule is CC(C)OC(=O)OCOP(=O)(OCOC(=O)OC(C)C)OC1[C@]2(OC(=O)C(N)C(C)C)[C@@](C)(O)[C@H](n3ccc(=O)[nH]c3=O)O[C@]12CF. The molecule has 6 atom stereocenters. The summed E-state index contributed by atoms with van der Waals surface area (Å²) in [5, 5.41) is 11.9. The molecule has 2 unspecified atom stereocenters. The standard InChI is InChI=1S/C26H39FN3O16P/c1-13(2)17(28)18(32)44-26-19(25(26,10-27)45-20(24(26,7)36)30-9-8-16(31)29-21(30)33)46-47(37,40-11-38-22(34)42-14(3)4)41-12-39-23(35)43-15(5)6/h8-9,13-15,17,19-20,36H,10-12,28H2,1-7H3,(H,29,31,33)/t17?,19?,20-,24+,25-,26+/m1/s1. The first-order valence-corrected chi connectivity index (χ1v) is 15.7. The first-order valence-electron chi connectivity index (χ1n) is 14.3. The highest BCUT2D eigenvalue weighted by Crippen LogP contribution is 2.73. The lowest BCUT2D eigenvalue weighted by molar-refractivity contribution is -0.191. The van der Waals surface area contributed by atoms with E-state index in [1.807, 2.05) is 4.98 Å². The lowest BCUT2D eigenvalue weighted by atomic mass is 9.93. The minimum atomic E-state index is -5.16. The zero-order chi connectivity index (χ0) is 35.5. The van der Waals surface area contributed by atoms with Crippen LogP contribution in [0, 0.1) is 5.92 Å². The monoisotopic (exact) mass is 699 g/mol. The summed E-state index contributed by atoms with van der Waals surface area (Å²) in [6.07, 6.45) is -6.61. The van der Waals surface area contributed by atoms with Crippen LogP contribution in [-0.2, 0) is 51.4 Å². The quantitative estimate of drug-likeness (QED) is 0.101. The van der Waals surface area contributed by atoms with Crippen molar-refractivity contribution in [3.63, 3.8) is 0 Å². The van der Waals surface area contributed by atoms with E-state index in [4.69, 9.17) is 47.7 Å². The zero-order valence-corrected chi connectivity index (χ0v) is 27.6. The van der Waals surface area contributed by atoms with Gasteiger partial charge in [0.25, 0.3) is 5.56 Å². The number of hydrogen-bond donors (Lipinski definition) is 3. The van der Waals surface area contributed by atoms with Crippen LogP contribution in [0.1, 0.15) is 54.7 Å². The van der Waals surface area contributed by atoms with Gasteiger partial charge in [-0.1, -0.05) is 13.8 Å². The zero-order valence-electron chi connectivity index (χ0n) is 26.7. The average Bonchev–Trinajstić information content (AvgIpc) is 3.41. The van der Waals surface area contributed by atoms with Crippen LogP contribution in [0.15, 0.2) is 21.9 Å². The Morgan fingerprint density at radius 2 is 1.60 bits per heavy atom. The van der Waals surface area contributed by atoms with Crippen LogP contribution < -0.4 is 17.0 Å². The van der Waals surface area contributed by atoms with Gasteiger partial charge < -0.3 is 39.3 Å². The van der Waals surface area contributed by atoms with Gasteiger partial charge in [-0.2, -0.15) is 0 Å². The number of ether oxygens (including phenoxy) is 6. The number of nitrogens with two attached hydrogens (primary N) is 1. The fourth-order valence-electron chi connectivity index (χ4n) is 4.79. The molecule has 0 bridgehead atoms. The molecule has 47 heavy (non-hydrogen) atoms. The van der Waals surface area contributed by atoms with Crippen LogP contribution in [0.2, 0.25) is 0 Å². The number of carbonyl (C=O) groups is 3. The third-order valence-corrected chi connectivity index (χ3v) is 8.43. The second kappa shape index (κ2) is 14.4. The molecular formula is C26H39FN3O16P. The molecule has 0 aromatic carbocycles. The highest BCUT2D eigenvalue weighted by molar-refractivity contribution is 7.48. The highest BCUT2D eigenvalue weighted by Gasteiger charge is 2.96. The Bertz CT molecular complexity index is 1450. The first kappa shape index (κ1) is 38.1. The first-order chi connectivity index (χ1) is 21.8. The van der Waals surface area contributed by atoms with Crippen molar-refractivity contribution in [3.8, 4) is 0 Å². The minimum Gasteiger partial charge on any atom is -0.448 e. The number of alkyl halides is 1. The molecule has 2 fully saturated rings. The van der Waals surface area contributed by atoms with E-state index in [0.29, 0.717) is 4.57 Å². The fraction of sp³-hybridized carbons (Fsp3) is 0.731. The number of rotatable bonds is 15. The predicted molar refractivity (Wildman–Crippen MR) is 152 cm³/mol. The van der Waals surface area contributed by atoms with Crippen molar-refractivity contribution < 1.29 is 70.4 Å². The summed E-state index contributed by atoms with van der Waals surface area (Å²) in [5.74, 6) is -1.69. The summed E-state index contributed by atoms with van der Waals surface area (Å²) in [6.45, 7) is 6.32. The van der Waals surface area contributed by atoms with Crippen LogP contribution >= 0.6 is 7.82 Å². The van der Waals surface area contributed by atoms with Crippen molar-refractivity contribution in [2.24, 2.45) is 11.7 Å². The maximum absolute atomic E-state index is 15.1. The summed E-state index contributed by atoms with van der Waals surface area (Å²) in [5.41, 5.74) is -3.61. The van der Waals surface area contributed by atoms with E-state index in [-0.39, 0.29) is 0 Å². The summed E-state index contributed by atoms with van der Waals surface area (Å²) in [7, 11) is -5.16. The molecule has 266 valence electrons. The molecule has 1 saturated heterocycles. The summed E-state index contributed by atoms with van der Waals surface area (Å²) >= 11 is 0. The number of halogens is 1. The van der Waals surface area contributed by atoms with Crippen molar-refractivity contribution >= 4 is 26.1 Å². The predicted octanol–water partition coefficient (Wildman–Crippen LogP) is 1.37. The van der Waals surface area contributed by atoms with Gasteiger partial charge >= 0.3 is 31.8 Å². The fourth-order valence-corrected chi connectivity index (χ4v) is 5.92. The lowest BCUT2D eigenvalue weighted by Crippen LogP contribution is -2.55. The summed E-state index contributed by atoms with van der Waals surface area (Å²) < 4.78 is 75.6. The number of phosphoric ester groups is 1. The topological polar surface area (TPSA) is 252 Å². The van der Waals surface area contributed by atoms with Gasteiger partial charge in [-0.05, 0) is 40.5 Å². The Labute approximate surface area is 267 Å². The van der Waals surface area contributed by atoms with Gasteiger partial charge in [-0.25, -0.2) is 32.4 Å². The van der Waals surface area contributed by atoms with Gasteiger partial charge in [0, 0.05) is 12.3 Å². The van der Waals surface area contributed by atoms with Gasteiger partial charge in [0.1, 0.15) is 12.7 Å². The van der Waals surface area contributed by atoms with Gasteiger partial charge in [0.15, 0.2) is 23.5 Å².